The number of halogens is 1. The predicted molar refractivity (Wildman–Crippen MR) is 91.2 cm³/mol. The average molecular weight is 390 g/mol. The van der Waals surface area contributed by atoms with E-state index in [1.807, 2.05) is 24.3 Å². The second-order valence-electron chi connectivity index (χ2n) is 5.88. The zero-order chi connectivity index (χ0) is 17.2. The van der Waals surface area contributed by atoms with Crippen LogP contribution in [0.25, 0.3) is 10.9 Å². The van der Waals surface area contributed by atoms with Gasteiger partial charge in [-0.05, 0) is 47.7 Å². The highest BCUT2D eigenvalue weighted by Gasteiger charge is 2.35. The van der Waals surface area contributed by atoms with Gasteiger partial charge in [-0.25, -0.2) is 4.79 Å². The summed E-state index contributed by atoms with van der Waals surface area (Å²) in [6, 6.07) is 9.61. The number of amides is 1. The Balaban J connectivity index is 1.63. The van der Waals surface area contributed by atoms with Crippen molar-refractivity contribution in [3.8, 4) is 6.07 Å². The van der Waals surface area contributed by atoms with Gasteiger partial charge in [0.25, 0.3) is 5.91 Å². The fourth-order valence-corrected chi connectivity index (χ4v) is 3.60. The lowest BCUT2D eigenvalue weighted by atomic mass is 10.00. The molecule has 1 heterocycles. The predicted octanol–water partition coefficient (Wildman–Crippen LogP) is 3.04. The van der Waals surface area contributed by atoms with Crippen LogP contribution in [0.5, 0.6) is 0 Å². The fraction of sp³-hybridized carbons (Fsp3) is 0.353. The minimum absolute atomic E-state index is 0.264. The molecule has 0 unspecified atom stereocenters. The monoisotopic (exact) mass is 389 g/mol. The zero-order valence-electron chi connectivity index (χ0n) is 12.9. The quantitative estimate of drug-likeness (QED) is 0.785. The number of nitriles is 1. The first-order chi connectivity index (χ1) is 11.5. The van der Waals surface area contributed by atoms with Crippen LogP contribution in [0.3, 0.4) is 0 Å². The van der Waals surface area contributed by atoms with E-state index in [2.05, 4.69) is 32.3 Å². The highest BCUT2D eigenvalue weighted by molar-refractivity contribution is 9.10. The highest BCUT2D eigenvalue weighted by atomic mass is 79.9. The van der Waals surface area contributed by atoms with Crippen LogP contribution in [0.15, 0.2) is 28.7 Å². The second-order valence-corrected chi connectivity index (χ2v) is 6.68. The molecule has 0 spiro atoms. The van der Waals surface area contributed by atoms with Crippen molar-refractivity contribution >= 4 is 38.7 Å². The Bertz CT molecular complexity index is 831. The molecule has 6 nitrogen and oxygen atoms in total. The van der Waals surface area contributed by atoms with Crippen LogP contribution in [0.4, 0.5) is 0 Å². The molecule has 0 aliphatic heterocycles. The van der Waals surface area contributed by atoms with Crippen molar-refractivity contribution in [2.75, 3.05) is 6.61 Å². The molecule has 0 radical (unpaired) electrons. The SMILES string of the molecule is N#CC1(NC(=O)COC(=O)c2[nH]c3ccccc3c2Br)CCCC1. The van der Waals surface area contributed by atoms with Crippen molar-refractivity contribution in [3.63, 3.8) is 0 Å². The maximum absolute atomic E-state index is 12.2. The Kier molecular flexibility index (Phi) is 4.58. The van der Waals surface area contributed by atoms with Crippen LogP contribution in [0.2, 0.25) is 0 Å². The summed E-state index contributed by atoms with van der Waals surface area (Å²) in [6.07, 6.45) is 3.10. The van der Waals surface area contributed by atoms with Crippen molar-refractivity contribution in [3.05, 3.63) is 34.4 Å². The molecular formula is C17H16BrN3O3. The Morgan fingerprint density at radius 1 is 1.33 bits per heavy atom. The number of H-pyrrole nitrogens is 1. The number of hydrogen-bond donors (Lipinski definition) is 2. The number of nitrogens with zero attached hydrogens (tertiary/aromatic N) is 1. The molecule has 1 aliphatic rings. The van der Waals surface area contributed by atoms with Crippen LogP contribution in [0.1, 0.15) is 36.2 Å². The number of fused-ring (bicyclic) bond motifs is 1. The van der Waals surface area contributed by atoms with Crippen LogP contribution < -0.4 is 5.32 Å². The van der Waals surface area contributed by atoms with Gasteiger partial charge in [0.1, 0.15) is 11.2 Å². The van der Waals surface area contributed by atoms with Gasteiger partial charge in [0.15, 0.2) is 6.61 Å². The Morgan fingerprint density at radius 2 is 2.04 bits per heavy atom. The summed E-state index contributed by atoms with van der Waals surface area (Å²) in [5, 5.41) is 12.8. The largest absolute Gasteiger partial charge is 0.451 e. The maximum atomic E-state index is 12.2. The van der Waals surface area contributed by atoms with Gasteiger partial charge in [0.05, 0.1) is 10.5 Å². The first-order valence-corrected chi connectivity index (χ1v) is 8.49. The number of hydrogen-bond acceptors (Lipinski definition) is 4. The van der Waals surface area contributed by atoms with Gasteiger partial charge in [-0.1, -0.05) is 18.2 Å². The molecule has 0 bridgehead atoms. The molecule has 7 heteroatoms. The minimum atomic E-state index is -0.814. The van der Waals surface area contributed by atoms with Gasteiger partial charge < -0.3 is 15.0 Å². The fourth-order valence-electron chi connectivity index (χ4n) is 3.00. The molecule has 2 aromatic rings. The van der Waals surface area contributed by atoms with E-state index >= 15 is 0 Å². The van der Waals surface area contributed by atoms with E-state index in [0.29, 0.717) is 17.3 Å². The van der Waals surface area contributed by atoms with Gasteiger partial charge in [0.2, 0.25) is 0 Å². The summed E-state index contributed by atoms with van der Waals surface area (Å²) in [6.45, 7) is -0.413. The maximum Gasteiger partial charge on any atom is 0.356 e. The molecule has 1 aromatic heterocycles. The lowest BCUT2D eigenvalue weighted by Gasteiger charge is -2.21. The van der Waals surface area contributed by atoms with E-state index in [4.69, 9.17) is 4.74 Å². The van der Waals surface area contributed by atoms with Crippen molar-refractivity contribution in [1.29, 1.82) is 5.26 Å². The summed E-state index contributed by atoms with van der Waals surface area (Å²) < 4.78 is 5.68. The minimum Gasteiger partial charge on any atom is -0.451 e. The second kappa shape index (κ2) is 6.65. The number of esters is 1. The van der Waals surface area contributed by atoms with Crippen LogP contribution in [-0.2, 0) is 9.53 Å². The smallest absolute Gasteiger partial charge is 0.356 e. The van der Waals surface area contributed by atoms with E-state index in [-0.39, 0.29) is 5.69 Å². The van der Waals surface area contributed by atoms with Crippen molar-refractivity contribution in [2.24, 2.45) is 0 Å². The van der Waals surface area contributed by atoms with E-state index in [9.17, 15) is 14.9 Å². The van der Waals surface area contributed by atoms with Gasteiger partial charge in [-0.3, -0.25) is 4.79 Å². The molecule has 1 saturated carbocycles. The third-order valence-electron chi connectivity index (χ3n) is 4.23. The summed E-state index contributed by atoms with van der Waals surface area (Å²) in [7, 11) is 0. The molecular weight excluding hydrogens is 374 g/mol. The number of carbonyl (C=O) groups is 2. The summed E-state index contributed by atoms with van der Waals surface area (Å²) in [4.78, 5) is 27.2. The molecule has 0 saturated heterocycles. The zero-order valence-corrected chi connectivity index (χ0v) is 14.5. The molecule has 0 atom stereocenters. The molecule has 1 aliphatic carbocycles. The molecule has 24 heavy (non-hydrogen) atoms. The van der Waals surface area contributed by atoms with E-state index in [1.165, 1.54) is 0 Å². The van der Waals surface area contributed by atoms with Gasteiger partial charge in [-0.15, -0.1) is 0 Å². The third kappa shape index (κ3) is 3.15. The number of benzene rings is 1. The normalized spacial score (nSPS) is 15.8. The summed E-state index contributed by atoms with van der Waals surface area (Å²) >= 11 is 3.37. The number of rotatable bonds is 4. The molecule has 1 aromatic carbocycles. The number of carbonyl (C=O) groups excluding carboxylic acids is 2. The number of aromatic nitrogens is 1. The molecule has 3 rings (SSSR count). The Hall–Kier alpha value is -2.33. The molecule has 2 N–H and O–H groups in total. The summed E-state index contributed by atoms with van der Waals surface area (Å²) in [5.41, 5.74) is 0.251. The number of ether oxygens (including phenoxy) is 1. The third-order valence-corrected chi connectivity index (χ3v) is 5.05. The first kappa shape index (κ1) is 16.5. The van der Waals surface area contributed by atoms with Crippen LogP contribution in [-0.4, -0.2) is 29.0 Å². The molecule has 124 valence electrons. The van der Waals surface area contributed by atoms with Gasteiger partial charge in [-0.2, -0.15) is 5.26 Å². The Morgan fingerprint density at radius 3 is 2.71 bits per heavy atom. The summed E-state index contributed by atoms with van der Waals surface area (Å²) in [5.74, 6) is -1.08. The first-order valence-electron chi connectivity index (χ1n) is 7.70. The lowest BCUT2D eigenvalue weighted by molar-refractivity contribution is -0.125. The van der Waals surface area contributed by atoms with E-state index < -0.39 is 24.0 Å². The van der Waals surface area contributed by atoms with Gasteiger partial charge >= 0.3 is 5.97 Å². The lowest BCUT2D eigenvalue weighted by Crippen LogP contribution is -2.46. The molecule has 1 amide bonds. The van der Waals surface area contributed by atoms with E-state index in [0.717, 1.165) is 23.7 Å². The highest BCUT2D eigenvalue weighted by Crippen LogP contribution is 2.29. The van der Waals surface area contributed by atoms with Crippen LogP contribution in [0, 0.1) is 11.3 Å². The van der Waals surface area contributed by atoms with Crippen molar-refractivity contribution < 1.29 is 14.3 Å². The van der Waals surface area contributed by atoms with E-state index in [1.54, 1.807) is 0 Å². The van der Waals surface area contributed by atoms with Crippen molar-refractivity contribution in [2.45, 2.75) is 31.2 Å². The van der Waals surface area contributed by atoms with Crippen molar-refractivity contribution in [1.82, 2.24) is 10.3 Å². The Labute approximate surface area is 147 Å². The molecule has 1 fully saturated rings. The van der Waals surface area contributed by atoms with Crippen LogP contribution >= 0.6 is 15.9 Å². The number of nitrogens with one attached hydrogen (secondary N) is 2. The number of para-hydroxylation sites is 1. The average Bonchev–Trinajstić information content (AvgIpc) is 3.19. The topological polar surface area (TPSA) is 95.0 Å². The standard InChI is InChI=1S/C17H16BrN3O3/c18-14-11-5-1-2-6-12(11)20-15(14)16(23)24-9-13(22)21-17(10-19)7-3-4-8-17/h1-2,5-6,20H,3-4,7-9H2,(H,21,22). The number of aromatic amines is 1. The van der Waals surface area contributed by atoms with Gasteiger partial charge in [0, 0.05) is 10.9 Å².